The summed E-state index contributed by atoms with van der Waals surface area (Å²) in [5, 5.41) is 2.76. The van der Waals surface area contributed by atoms with E-state index in [4.69, 9.17) is 16.3 Å². The molecule has 1 N–H and O–H groups in total. The summed E-state index contributed by atoms with van der Waals surface area (Å²) in [7, 11) is 0. The molecule has 6 nitrogen and oxygen atoms in total. The van der Waals surface area contributed by atoms with Crippen molar-refractivity contribution in [2.75, 3.05) is 10.2 Å². The van der Waals surface area contributed by atoms with Crippen LogP contribution < -0.4 is 10.2 Å². The number of ether oxygens (including phenoxy) is 1. The van der Waals surface area contributed by atoms with Crippen molar-refractivity contribution in [2.24, 2.45) is 0 Å². The topological polar surface area (TPSA) is 75.7 Å². The Labute approximate surface area is 186 Å². The Hall–Kier alpha value is -3.12. The van der Waals surface area contributed by atoms with Crippen molar-refractivity contribution in [3.05, 3.63) is 70.4 Å². The number of nitrogens with zero attached hydrogens (tertiary/aromatic N) is 1. The molecule has 0 saturated heterocycles. The van der Waals surface area contributed by atoms with Crippen LogP contribution in [-0.4, -0.2) is 23.9 Å². The SMILES string of the molecule is CCCCc1ccc(NC2=C(Cl)C(=O)N(c3cccc(C(=O)OC(C)C)c3)C2=O)cc1. The van der Waals surface area contributed by atoms with Gasteiger partial charge in [0, 0.05) is 5.69 Å². The molecule has 1 aliphatic heterocycles. The number of amides is 2. The third-order valence-electron chi connectivity index (χ3n) is 4.75. The van der Waals surface area contributed by atoms with Gasteiger partial charge in [-0.15, -0.1) is 0 Å². The number of anilines is 2. The van der Waals surface area contributed by atoms with Crippen LogP contribution >= 0.6 is 11.6 Å². The summed E-state index contributed by atoms with van der Waals surface area (Å²) in [6.45, 7) is 5.63. The number of hydrogen-bond donors (Lipinski definition) is 1. The van der Waals surface area contributed by atoms with E-state index in [9.17, 15) is 14.4 Å². The van der Waals surface area contributed by atoms with E-state index in [0.717, 1.165) is 24.2 Å². The first-order valence-corrected chi connectivity index (χ1v) is 10.6. The molecule has 0 saturated carbocycles. The second kappa shape index (κ2) is 9.79. The van der Waals surface area contributed by atoms with E-state index < -0.39 is 17.8 Å². The first-order chi connectivity index (χ1) is 14.8. The van der Waals surface area contributed by atoms with Crippen molar-refractivity contribution in [1.29, 1.82) is 0 Å². The number of hydrogen-bond acceptors (Lipinski definition) is 5. The number of unbranched alkanes of at least 4 members (excludes halogenated alkanes) is 1. The van der Waals surface area contributed by atoms with Crippen LogP contribution in [0.2, 0.25) is 0 Å². The molecule has 2 aromatic rings. The maximum Gasteiger partial charge on any atom is 0.338 e. The number of carbonyl (C=O) groups is 3. The predicted octanol–water partition coefficient (Wildman–Crippen LogP) is 5.03. The Bertz CT molecular complexity index is 1030. The number of benzene rings is 2. The molecule has 31 heavy (non-hydrogen) atoms. The highest BCUT2D eigenvalue weighted by molar-refractivity contribution is 6.53. The average molecular weight is 441 g/mol. The second-order valence-electron chi connectivity index (χ2n) is 7.56. The fourth-order valence-electron chi connectivity index (χ4n) is 3.18. The van der Waals surface area contributed by atoms with Crippen LogP contribution in [0.1, 0.15) is 49.5 Å². The molecular formula is C24H25ClN2O4. The summed E-state index contributed by atoms with van der Waals surface area (Å²) in [6.07, 6.45) is 2.92. The van der Waals surface area contributed by atoms with Gasteiger partial charge in [-0.3, -0.25) is 9.59 Å². The van der Waals surface area contributed by atoms with Crippen molar-refractivity contribution in [2.45, 2.75) is 46.1 Å². The molecule has 0 atom stereocenters. The lowest BCUT2D eigenvalue weighted by atomic mass is 10.1. The molecule has 1 heterocycles. The second-order valence-corrected chi connectivity index (χ2v) is 7.94. The standard InChI is InChI=1S/C24H25ClN2O4/c1-4-5-7-16-10-12-18(13-11-16)26-21-20(25)22(28)27(23(21)29)19-9-6-8-17(14-19)24(30)31-15(2)3/h6,8-15,26H,4-5,7H2,1-3H3. The van der Waals surface area contributed by atoms with Crippen molar-refractivity contribution < 1.29 is 19.1 Å². The highest BCUT2D eigenvalue weighted by Crippen LogP contribution is 2.30. The minimum Gasteiger partial charge on any atom is -0.459 e. The largest absolute Gasteiger partial charge is 0.459 e. The van der Waals surface area contributed by atoms with Gasteiger partial charge in [0.1, 0.15) is 10.7 Å². The average Bonchev–Trinajstić information content (AvgIpc) is 2.96. The molecule has 2 amide bonds. The number of carbonyl (C=O) groups excluding carboxylic acids is 3. The number of esters is 1. The quantitative estimate of drug-likeness (QED) is 0.460. The molecule has 162 valence electrons. The van der Waals surface area contributed by atoms with Crippen molar-refractivity contribution in [3.63, 3.8) is 0 Å². The molecule has 0 radical (unpaired) electrons. The van der Waals surface area contributed by atoms with E-state index in [1.54, 1.807) is 32.0 Å². The molecule has 3 rings (SSSR count). The summed E-state index contributed by atoms with van der Waals surface area (Å²) in [4.78, 5) is 38.8. The maximum atomic E-state index is 13.0. The Kier molecular flexibility index (Phi) is 7.13. The number of halogens is 1. The zero-order valence-corrected chi connectivity index (χ0v) is 18.5. The van der Waals surface area contributed by atoms with E-state index in [1.807, 2.05) is 24.3 Å². The van der Waals surface area contributed by atoms with E-state index in [0.29, 0.717) is 5.69 Å². The summed E-state index contributed by atoms with van der Waals surface area (Å²) in [5.74, 6) is -1.76. The first kappa shape index (κ1) is 22.6. The van der Waals surface area contributed by atoms with Crippen molar-refractivity contribution in [3.8, 4) is 0 Å². The van der Waals surface area contributed by atoms with Gasteiger partial charge in [-0.2, -0.15) is 0 Å². The lowest BCUT2D eigenvalue weighted by molar-refractivity contribution is -0.120. The van der Waals surface area contributed by atoms with Gasteiger partial charge < -0.3 is 10.1 Å². The summed E-state index contributed by atoms with van der Waals surface area (Å²) < 4.78 is 5.19. The Balaban J connectivity index is 1.79. The maximum absolute atomic E-state index is 13.0. The fraction of sp³-hybridized carbons (Fsp3) is 0.292. The van der Waals surface area contributed by atoms with Crippen LogP contribution in [0.4, 0.5) is 11.4 Å². The molecule has 0 aliphatic carbocycles. The van der Waals surface area contributed by atoms with Crippen molar-refractivity contribution >= 4 is 40.8 Å². The summed E-state index contributed by atoms with van der Waals surface area (Å²) in [6, 6.07) is 13.8. The fourth-order valence-corrected chi connectivity index (χ4v) is 3.39. The normalized spacial score (nSPS) is 13.9. The summed E-state index contributed by atoms with van der Waals surface area (Å²) in [5.41, 5.74) is 2.35. The monoisotopic (exact) mass is 440 g/mol. The molecule has 1 aliphatic rings. The Morgan fingerprint density at radius 2 is 1.81 bits per heavy atom. The third kappa shape index (κ3) is 5.14. The van der Waals surface area contributed by atoms with Gasteiger partial charge in [0.25, 0.3) is 11.8 Å². The minimum absolute atomic E-state index is 0.00290. The smallest absolute Gasteiger partial charge is 0.338 e. The predicted molar refractivity (Wildman–Crippen MR) is 121 cm³/mol. The number of rotatable bonds is 8. The molecule has 0 unspecified atom stereocenters. The third-order valence-corrected chi connectivity index (χ3v) is 5.10. The number of aryl methyl sites for hydroxylation is 1. The van der Waals surface area contributed by atoms with Gasteiger partial charge in [0.05, 0.1) is 17.4 Å². The highest BCUT2D eigenvalue weighted by atomic mass is 35.5. The number of nitrogens with one attached hydrogen (secondary N) is 1. The van der Waals surface area contributed by atoms with Crippen LogP contribution in [-0.2, 0) is 20.7 Å². The Morgan fingerprint density at radius 1 is 1.10 bits per heavy atom. The van der Waals surface area contributed by atoms with Gasteiger partial charge >= 0.3 is 5.97 Å². The molecule has 0 aromatic heterocycles. The van der Waals surface area contributed by atoms with Crippen LogP contribution in [0.5, 0.6) is 0 Å². The zero-order valence-electron chi connectivity index (χ0n) is 17.8. The summed E-state index contributed by atoms with van der Waals surface area (Å²) >= 11 is 6.20. The molecule has 0 bridgehead atoms. The molecule has 0 fully saturated rings. The van der Waals surface area contributed by atoms with Gasteiger partial charge in [-0.1, -0.05) is 43.1 Å². The van der Waals surface area contributed by atoms with Gasteiger partial charge in [0.15, 0.2) is 0 Å². The van der Waals surface area contributed by atoms with Gasteiger partial charge in [-0.25, -0.2) is 9.69 Å². The minimum atomic E-state index is -0.650. The van der Waals surface area contributed by atoms with E-state index in [2.05, 4.69) is 12.2 Å². The number of imide groups is 1. The Morgan fingerprint density at radius 3 is 2.45 bits per heavy atom. The van der Waals surface area contributed by atoms with Crippen molar-refractivity contribution in [1.82, 2.24) is 0 Å². The van der Waals surface area contributed by atoms with E-state index >= 15 is 0 Å². The van der Waals surface area contributed by atoms with Gasteiger partial charge in [0.2, 0.25) is 0 Å². The van der Waals surface area contributed by atoms with Gasteiger partial charge in [-0.05, 0) is 62.6 Å². The lowest BCUT2D eigenvalue weighted by Crippen LogP contribution is -2.32. The molecule has 2 aromatic carbocycles. The van der Waals surface area contributed by atoms with Crippen LogP contribution in [0.25, 0.3) is 0 Å². The van der Waals surface area contributed by atoms with E-state index in [-0.39, 0.29) is 28.1 Å². The zero-order chi connectivity index (χ0) is 22.5. The highest BCUT2D eigenvalue weighted by Gasteiger charge is 2.39. The molecule has 7 heteroatoms. The van der Waals surface area contributed by atoms with E-state index in [1.165, 1.54) is 11.6 Å². The first-order valence-electron chi connectivity index (χ1n) is 10.3. The lowest BCUT2D eigenvalue weighted by Gasteiger charge is -2.16. The molecular weight excluding hydrogens is 416 g/mol. The van der Waals surface area contributed by atoms with Crippen LogP contribution in [0.3, 0.4) is 0 Å². The molecule has 0 spiro atoms. The van der Waals surface area contributed by atoms with Crippen LogP contribution in [0.15, 0.2) is 59.3 Å². The van der Waals surface area contributed by atoms with Crippen LogP contribution in [0, 0.1) is 0 Å².